The van der Waals surface area contributed by atoms with Gasteiger partial charge >= 0.3 is 0 Å². The summed E-state index contributed by atoms with van der Waals surface area (Å²) in [5, 5.41) is 15.2. The number of fused-ring (bicyclic) bond motifs is 8. The highest BCUT2D eigenvalue weighted by molar-refractivity contribution is 5.79. The third-order valence-corrected chi connectivity index (χ3v) is 11.8. The molecule has 2 heterocycles. The fourth-order valence-electron chi connectivity index (χ4n) is 10.5. The van der Waals surface area contributed by atoms with Crippen molar-refractivity contribution in [1.29, 1.82) is 0 Å². The molecule has 0 bridgehead atoms. The predicted octanol–water partition coefficient (Wildman–Crippen LogP) is 4.55. The molecule has 0 spiro atoms. The number of carbonyl (C=O) groups excluding carboxylic acids is 1. The summed E-state index contributed by atoms with van der Waals surface area (Å²) in [5.41, 5.74) is 0.687. The van der Waals surface area contributed by atoms with Crippen LogP contribution < -0.4 is 5.32 Å². The van der Waals surface area contributed by atoms with E-state index in [0.29, 0.717) is 46.2 Å². The molecule has 6 aliphatic rings. The van der Waals surface area contributed by atoms with Crippen LogP contribution in [0.3, 0.4) is 0 Å². The number of hydrogen-bond acceptors (Lipinski definition) is 4. The summed E-state index contributed by atoms with van der Waals surface area (Å²) < 4.78 is 6.67. The van der Waals surface area contributed by atoms with Gasteiger partial charge < -0.3 is 15.2 Å². The van der Waals surface area contributed by atoms with Crippen LogP contribution in [0.25, 0.3) is 0 Å². The molecule has 6 rings (SSSR count). The van der Waals surface area contributed by atoms with E-state index in [1.54, 1.807) is 0 Å². The smallest absolute Gasteiger partial charge is 0.181 e. The molecule has 4 heteroatoms. The van der Waals surface area contributed by atoms with Gasteiger partial charge in [0, 0.05) is 19.3 Å². The van der Waals surface area contributed by atoms with Crippen LogP contribution in [0.2, 0.25) is 0 Å². The van der Waals surface area contributed by atoms with Crippen molar-refractivity contribution >= 4 is 5.78 Å². The number of piperidine rings is 1. The summed E-state index contributed by atoms with van der Waals surface area (Å²) in [6, 6.07) is 0.0656. The van der Waals surface area contributed by atoms with Crippen molar-refractivity contribution in [1.82, 2.24) is 5.32 Å². The Morgan fingerprint density at radius 3 is 2.68 bits per heavy atom. The van der Waals surface area contributed by atoms with Crippen LogP contribution in [0.1, 0.15) is 85.5 Å². The molecule has 12 atom stereocenters. The molecule has 2 saturated heterocycles. The van der Waals surface area contributed by atoms with Crippen molar-refractivity contribution in [2.45, 2.75) is 103 Å². The highest BCUT2D eigenvalue weighted by Crippen LogP contribution is 2.69. The lowest BCUT2D eigenvalue weighted by molar-refractivity contribution is -0.310. The molecule has 2 aliphatic heterocycles. The second-order valence-electron chi connectivity index (χ2n) is 13.3. The molecular weight excluding hydrogens is 386 g/mol. The fraction of sp³-hybridized carbons (Fsp3) is 0.963. The van der Waals surface area contributed by atoms with E-state index in [1.165, 1.54) is 25.7 Å². The van der Waals surface area contributed by atoms with E-state index in [4.69, 9.17) is 4.74 Å². The maximum atomic E-state index is 12.2. The van der Waals surface area contributed by atoms with Gasteiger partial charge in [-0.15, -0.1) is 0 Å². The van der Waals surface area contributed by atoms with E-state index < -0.39 is 5.79 Å². The van der Waals surface area contributed by atoms with Crippen LogP contribution in [-0.2, 0) is 9.53 Å². The molecule has 2 N–H and O–H groups in total. The fourth-order valence-corrected chi connectivity index (χ4v) is 10.5. The van der Waals surface area contributed by atoms with Crippen LogP contribution in [0.15, 0.2) is 0 Å². The molecular formula is C27H43NO3. The SMILES string of the molecule is C[C@@H]1CN[C@@H]2[C@@H](C)[C@H]3[C@@H](C[C@H]4[C@@H]5CC[C@H]6CC(=O)CC[C@]6(C)[C@H]5CC[C@]34C)O[C@]2(O)C1. The zero-order chi connectivity index (χ0) is 21.8. The van der Waals surface area contributed by atoms with Gasteiger partial charge in [-0.2, -0.15) is 0 Å². The molecule has 4 saturated carbocycles. The van der Waals surface area contributed by atoms with Gasteiger partial charge in [0.15, 0.2) is 5.79 Å². The number of ether oxygens (including phenoxy) is 1. The summed E-state index contributed by atoms with van der Waals surface area (Å²) >= 11 is 0. The Morgan fingerprint density at radius 2 is 1.87 bits per heavy atom. The zero-order valence-corrected chi connectivity index (χ0v) is 20.0. The first kappa shape index (κ1) is 21.1. The Balaban J connectivity index is 1.31. The molecule has 174 valence electrons. The van der Waals surface area contributed by atoms with Gasteiger partial charge in [0.2, 0.25) is 0 Å². The lowest BCUT2D eigenvalue weighted by atomic mass is 9.44. The minimum Gasteiger partial charge on any atom is -0.364 e. The van der Waals surface area contributed by atoms with Crippen molar-refractivity contribution < 1.29 is 14.6 Å². The summed E-state index contributed by atoms with van der Waals surface area (Å²) in [6.45, 7) is 10.7. The summed E-state index contributed by atoms with van der Waals surface area (Å²) in [4.78, 5) is 12.2. The van der Waals surface area contributed by atoms with Gasteiger partial charge in [-0.1, -0.05) is 27.7 Å². The van der Waals surface area contributed by atoms with E-state index >= 15 is 0 Å². The molecule has 0 unspecified atom stereocenters. The summed E-state index contributed by atoms with van der Waals surface area (Å²) in [7, 11) is 0. The minimum atomic E-state index is -0.991. The zero-order valence-electron chi connectivity index (χ0n) is 20.0. The van der Waals surface area contributed by atoms with Crippen molar-refractivity contribution in [3.8, 4) is 0 Å². The highest BCUT2D eigenvalue weighted by Gasteiger charge is 2.67. The third kappa shape index (κ3) is 2.80. The normalized spacial score (nSPS) is 60.9. The Morgan fingerprint density at radius 1 is 1.06 bits per heavy atom. The number of aliphatic hydroxyl groups is 1. The first-order chi connectivity index (χ1) is 14.7. The average Bonchev–Trinajstić information content (AvgIpc) is 2.99. The standard InChI is InChI=1S/C27H43NO3/c1-15-13-27(30)24(28-14-15)16(2)23-22(31-27)12-21-19-6-5-17-11-18(29)7-9-25(17,3)20(19)8-10-26(21,23)4/h15-17,19-24,28,30H,5-14H2,1-4H3/t15-,16-,17-,19+,20-,21-,22+,23-,24+,25-,26-,27+/m0/s1. The van der Waals surface area contributed by atoms with Crippen molar-refractivity contribution in [3.63, 3.8) is 0 Å². The number of hydrogen-bond donors (Lipinski definition) is 2. The summed E-state index contributed by atoms with van der Waals surface area (Å²) in [6.07, 6.45) is 10.0. The van der Waals surface area contributed by atoms with Crippen molar-refractivity contribution in [3.05, 3.63) is 0 Å². The van der Waals surface area contributed by atoms with Gasteiger partial charge in [-0.25, -0.2) is 0 Å². The number of rotatable bonds is 0. The number of nitrogens with one attached hydrogen (secondary N) is 1. The van der Waals surface area contributed by atoms with Gasteiger partial charge in [0.05, 0.1) is 12.1 Å². The Bertz CT molecular complexity index is 770. The Kier molecular flexibility index (Phi) is 4.62. The topological polar surface area (TPSA) is 58.6 Å². The number of ketones is 1. The Hall–Kier alpha value is -0.450. The first-order valence-corrected chi connectivity index (χ1v) is 13.3. The quantitative estimate of drug-likeness (QED) is 0.593. The molecule has 4 aliphatic carbocycles. The van der Waals surface area contributed by atoms with Gasteiger partial charge in [0.1, 0.15) is 5.78 Å². The maximum absolute atomic E-state index is 12.2. The van der Waals surface area contributed by atoms with Gasteiger partial charge in [-0.05, 0) is 97.3 Å². The molecule has 31 heavy (non-hydrogen) atoms. The molecule has 4 nitrogen and oxygen atoms in total. The van der Waals surface area contributed by atoms with E-state index in [0.717, 1.165) is 50.5 Å². The third-order valence-electron chi connectivity index (χ3n) is 11.8. The predicted molar refractivity (Wildman–Crippen MR) is 120 cm³/mol. The molecule has 0 radical (unpaired) electrons. The maximum Gasteiger partial charge on any atom is 0.181 e. The molecule has 0 aromatic carbocycles. The van der Waals surface area contributed by atoms with E-state index in [9.17, 15) is 9.90 Å². The van der Waals surface area contributed by atoms with E-state index in [-0.39, 0.29) is 12.1 Å². The Labute approximate surface area is 188 Å². The minimum absolute atomic E-state index is 0.0656. The van der Waals surface area contributed by atoms with E-state index in [2.05, 4.69) is 33.0 Å². The van der Waals surface area contributed by atoms with Crippen LogP contribution in [0.4, 0.5) is 0 Å². The largest absolute Gasteiger partial charge is 0.364 e. The lowest BCUT2D eigenvalue weighted by Crippen LogP contribution is -2.68. The second-order valence-corrected chi connectivity index (χ2v) is 13.3. The van der Waals surface area contributed by atoms with Crippen LogP contribution in [0.5, 0.6) is 0 Å². The average molecular weight is 430 g/mol. The lowest BCUT2D eigenvalue weighted by Gasteiger charge is -2.61. The molecule has 0 amide bonds. The number of Topliss-reactive ketones (excluding diaryl/α,β-unsaturated/α-hetero) is 1. The van der Waals surface area contributed by atoms with E-state index in [1.807, 2.05) is 0 Å². The van der Waals surface area contributed by atoms with Crippen molar-refractivity contribution in [2.75, 3.05) is 6.54 Å². The summed E-state index contributed by atoms with van der Waals surface area (Å²) in [5.74, 6) is 3.84. The monoisotopic (exact) mass is 429 g/mol. The molecule has 0 aromatic heterocycles. The molecule has 0 aromatic rings. The van der Waals surface area contributed by atoms with Crippen LogP contribution >= 0.6 is 0 Å². The van der Waals surface area contributed by atoms with Gasteiger partial charge in [-0.3, -0.25) is 4.79 Å². The number of carbonyl (C=O) groups is 1. The van der Waals surface area contributed by atoms with Crippen molar-refractivity contribution in [2.24, 2.45) is 52.3 Å². The van der Waals surface area contributed by atoms with Crippen LogP contribution in [0, 0.1) is 52.3 Å². The highest BCUT2D eigenvalue weighted by atomic mass is 16.6. The second kappa shape index (κ2) is 6.79. The van der Waals surface area contributed by atoms with Crippen LogP contribution in [-0.4, -0.2) is 35.4 Å². The van der Waals surface area contributed by atoms with Gasteiger partial charge in [0.25, 0.3) is 0 Å². The first-order valence-electron chi connectivity index (χ1n) is 13.3. The molecule has 6 fully saturated rings.